The Morgan fingerprint density at radius 2 is 1.90 bits per heavy atom. The lowest BCUT2D eigenvalue weighted by molar-refractivity contribution is -0.116. The third kappa shape index (κ3) is 5.22. The Morgan fingerprint density at radius 1 is 1.07 bits per heavy atom. The van der Waals surface area contributed by atoms with Crippen molar-refractivity contribution in [2.45, 2.75) is 51.7 Å². The first-order valence-corrected chi connectivity index (χ1v) is 14.8. The lowest BCUT2D eigenvalue weighted by Gasteiger charge is -2.34. The minimum Gasteiger partial charge on any atom is -0.489 e. The van der Waals surface area contributed by atoms with Crippen LogP contribution < -0.4 is 14.8 Å². The molecule has 4 heterocycles. The van der Waals surface area contributed by atoms with Gasteiger partial charge in [0.05, 0.1) is 0 Å². The molecule has 41 heavy (non-hydrogen) atoms. The number of carbonyl (C=O) groups excluding carboxylic acids is 2. The minimum absolute atomic E-state index is 0.0236. The maximum atomic E-state index is 13.4. The summed E-state index contributed by atoms with van der Waals surface area (Å²) >= 11 is 0. The van der Waals surface area contributed by atoms with Gasteiger partial charge < -0.3 is 19.7 Å². The van der Waals surface area contributed by atoms with Gasteiger partial charge in [-0.05, 0) is 61.9 Å². The summed E-state index contributed by atoms with van der Waals surface area (Å²) in [6.07, 6.45) is 3.20. The standard InChI is InChI=1S/C33H36N4O4/c1-3-36-10-12-37(13-11-36)19-21-14-20(2)15-22(16-21)27(38)18-26-31-25-17-23(4-6-28(25)41-32(26)31)40-29-8-9-34-33-24(29)5-7-30(39)35-33/h4,6,8-9,14-17,26,31-32H,3,5,7,10-13,18-19H2,1-2H3,(H,34,35,39)/t26-,31-,32+/m0/s1. The van der Waals surface area contributed by atoms with Gasteiger partial charge in [-0.3, -0.25) is 14.5 Å². The van der Waals surface area contributed by atoms with Crippen molar-refractivity contribution < 1.29 is 19.1 Å². The molecule has 212 valence electrons. The molecule has 1 N–H and O–H groups in total. The van der Waals surface area contributed by atoms with E-state index in [1.807, 2.05) is 30.3 Å². The lowest BCUT2D eigenvalue weighted by Crippen LogP contribution is -2.45. The molecule has 3 aliphatic heterocycles. The number of benzene rings is 2. The Hall–Kier alpha value is -3.75. The Kier molecular flexibility index (Phi) is 6.75. The fourth-order valence-corrected chi connectivity index (χ4v) is 6.71. The Balaban J connectivity index is 1.01. The molecule has 0 radical (unpaired) electrons. The molecule has 1 amide bonds. The van der Waals surface area contributed by atoms with E-state index in [1.165, 1.54) is 5.56 Å². The van der Waals surface area contributed by atoms with Gasteiger partial charge in [0.15, 0.2) is 5.78 Å². The van der Waals surface area contributed by atoms with Gasteiger partial charge in [-0.1, -0.05) is 18.6 Å². The number of ketones is 1. The van der Waals surface area contributed by atoms with Gasteiger partial charge in [0.2, 0.25) is 5.91 Å². The molecule has 8 nitrogen and oxygen atoms in total. The van der Waals surface area contributed by atoms with Gasteiger partial charge >= 0.3 is 0 Å². The normalized spacial score (nSPS) is 23.2. The molecule has 7 rings (SSSR count). The number of hydrogen-bond donors (Lipinski definition) is 1. The van der Waals surface area contributed by atoms with E-state index >= 15 is 0 Å². The number of rotatable bonds is 8. The third-order valence-corrected chi connectivity index (χ3v) is 9.00. The quantitative estimate of drug-likeness (QED) is 0.396. The van der Waals surface area contributed by atoms with Crippen LogP contribution in [0.4, 0.5) is 5.82 Å². The minimum atomic E-state index is -0.0236. The molecule has 1 aromatic heterocycles. The number of ether oxygens (including phenoxy) is 2. The van der Waals surface area contributed by atoms with E-state index in [4.69, 9.17) is 9.47 Å². The number of carbonyl (C=O) groups is 2. The van der Waals surface area contributed by atoms with Crippen LogP contribution in [0.3, 0.4) is 0 Å². The van der Waals surface area contributed by atoms with Gasteiger partial charge in [0, 0.05) is 80.3 Å². The average Bonchev–Trinajstić information content (AvgIpc) is 3.49. The fourth-order valence-electron chi connectivity index (χ4n) is 6.71. The van der Waals surface area contributed by atoms with Crippen LogP contribution in [0.1, 0.15) is 58.3 Å². The molecule has 3 aromatic rings. The van der Waals surface area contributed by atoms with E-state index in [2.05, 4.69) is 46.1 Å². The van der Waals surface area contributed by atoms with Gasteiger partial charge in [-0.25, -0.2) is 4.98 Å². The summed E-state index contributed by atoms with van der Waals surface area (Å²) in [7, 11) is 0. The van der Waals surface area contributed by atoms with Crippen molar-refractivity contribution in [3.8, 4) is 17.2 Å². The number of pyridine rings is 1. The number of aryl methyl sites for hydroxylation is 1. The first-order chi connectivity index (χ1) is 19.9. The maximum absolute atomic E-state index is 13.4. The molecule has 1 aliphatic carbocycles. The smallest absolute Gasteiger partial charge is 0.225 e. The predicted molar refractivity (Wildman–Crippen MR) is 156 cm³/mol. The molecule has 0 bridgehead atoms. The van der Waals surface area contributed by atoms with Crippen LogP contribution in [0, 0.1) is 12.8 Å². The zero-order chi connectivity index (χ0) is 28.1. The SMILES string of the molecule is CCN1CCN(Cc2cc(C)cc(C(=O)C[C@@H]3[C@H]4Oc5ccc(Oc6ccnc7c6CCC(=O)N7)cc5[C@@H]34)c2)CC1. The number of likely N-dealkylation sites (N-methyl/N-ethyl adjacent to an activating group) is 1. The monoisotopic (exact) mass is 552 g/mol. The van der Waals surface area contributed by atoms with E-state index in [0.29, 0.717) is 30.8 Å². The van der Waals surface area contributed by atoms with Crippen molar-refractivity contribution in [2.75, 3.05) is 38.0 Å². The first-order valence-electron chi connectivity index (χ1n) is 14.8. The first kappa shape index (κ1) is 26.2. The summed E-state index contributed by atoms with van der Waals surface area (Å²) in [5, 5.41) is 2.82. The molecule has 8 heteroatoms. The van der Waals surface area contributed by atoms with Gasteiger partial charge in [0.25, 0.3) is 0 Å². The Bertz CT molecular complexity index is 1510. The van der Waals surface area contributed by atoms with Crippen molar-refractivity contribution in [1.29, 1.82) is 0 Å². The molecule has 4 aliphatic rings. The van der Waals surface area contributed by atoms with Crippen molar-refractivity contribution in [3.05, 3.63) is 76.5 Å². The number of nitrogens with one attached hydrogen (secondary N) is 1. The predicted octanol–water partition coefficient (Wildman–Crippen LogP) is 4.95. The lowest BCUT2D eigenvalue weighted by atomic mass is 9.98. The molecule has 2 aromatic carbocycles. The molecule has 3 atom stereocenters. The van der Waals surface area contributed by atoms with Crippen LogP contribution in [0.25, 0.3) is 0 Å². The zero-order valence-electron chi connectivity index (χ0n) is 23.7. The Morgan fingerprint density at radius 3 is 2.73 bits per heavy atom. The molecule has 1 saturated heterocycles. The highest BCUT2D eigenvalue weighted by Crippen LogP contribution is 2.60. The van der Waals surface area contributed by atoms with Crippen LogP contribution in [0.2, 0.25) is 0 Å². The average molecular weight is 553 g/mol. The molecule has 2 fully saturated rings. The van der Waals surface area contributed by atoms with Crippen molar-refractivity contribution >= 4 is 17.5 Å². The van der Waals surface area contributed by atoms with Crippen LogP contribution >= 0.6 is 0 Å². The number of piperazine rings is 1. The number of anilines is 1. The number of nitrogens with zero attached hydrogens (tertiary/aromatic N) is 3. The largest absolute Gasteiger partial charge is 0.489 e. The number of fused-ring (bicyclic) bond motifs is 4. The zero-order valence-corrected chi connectivity index (χ0v) is 23.7. The molecular weight excluding hydrogens is 516 g/mol. The number of hydrogen-bond acceptors (Lipinski definition) is 7. The molecule has 0 spiro atoms. The van der Waals surface area contributed by atoms with E-state index in [9.17, 15) is 9.59 Å². The number of aromatic nitrogens is 1. The number of amides is 1. The second-order valence-corrected chi connectivity index (χ2v) is 11.8. The Labute approximate surface area is 240 Å². The van der Waals surface area contributed by atoms with Crippen LogP contribution in [0.15, 0.2) is 48.7 Å². The fraction of sp³-hybridized carbons (Fsp3) is 0.424. The summed E-state index contributed by atoms with van der Waals surface area (Å²) in [4.78, 5) is 34.5. The van der Waals surface area contributed by atoms with Crippen LogP contribution in [0.5, 0.6) is 17.2 Å². The van der Waals surface area contributed by atoms with Gasteiger partial charge in [-0.2, -0.15) is 0 Å². The molecule has 0 unspecified atom stereocenters. The third-order valence-electron chi connectivity index (χ3n) is 9.00. The van der Waals surface area contributed by atoms with Crippen LogP contribution in [-0.2, 0) is 17.8 Å². The van der Waals surface area contributed by atoms with E-state index < -0.39 is 0 Å². The summed E-state index contributed by atoms with van der Waals surface area (Å²) in [6, 6.07) is 14.1. The van der Waals surface area contributed by atoms with Crippen molar-refractivity contribution in [1.82, 2.24) is 14.8 Å². The summed E-state index contributed by atoms with van der Waals surface area (Å²) in [6.45, 7) is 10.6. The van der Waals surface area contributed by atoms with E-state index in [-0.39, 0.29) is 29.6 Å². The summed E-state index contributed by atoms with van der Waals surface area (Å²) < 4.78 is 12.5. The maximum Gasteiger partial charge on any atom is 0.225 e. The van der Waals surface area contributed by atoms with E-state index in [0.717, 1.165) is 73.0 Å². The van der Waals surface area contributed by atoms with Crippen LogP contribution in [-0.4, -0.2) is 65.3 Å². The highest BCUT2D eigenvalue weighted by Gasteiger charge is 2.59. The highest BCUT2D eigenvalue weighted by molar-refractivity contribution is 5.97. The second-order valence-electron chi connectivity index (χ2n) is 11.8. The second kappa shape index (κ2) is 10.6. The van der Waals surface area contributed by atoms with Gasteiger partial charge in [0.1, 0.15) is 29.2 Å². The van der Waals surface area contributed by atoms with E-state index in [1.54, 1.807) is 6.20 Å². The summed E-state index contributed by atoms with van der Waals surface area (Å²) in [5.41, 5.74) is 5.19. The number of Topliss-reactive ketones (excluding diaryl/α,β-unsaturated/α-hetero) is 1. The topological polar surface area (TPSA) is 84.0 Å². The summed E-state index contributed by atoms with van der Waals surface area (Å²) in [5.74, 6) is 3.43. The van der Waals surface area contributed by atoms with Gasteiger partial charge in [-0.15, -0.1) is 0 Å². The molecular formula is C33H36N4O4. The van der Waals surface area contributed by atoms with Crippen molar-refractivity contribution in [3.63, 3.8) is 0 Å². The van der Waals surface area contributed by atoms with Crippen molar-refractivity contribution in [2.24, 2.45) is 5.92 Å². The highest BCUT2D eigenvalue weighted by atomic mass is 16.5. The molecule has 1 saturated carbocycles.